The van der Waals surface area contributed by atoms with E-state index in [9.17, 15) is 18.0 Å². The van der Waals surface area contributed by atoms with Gasteiger partial charge in [0.15, 0.2) is 5.69 Å². The largest absolute Gasteiger partial charge is 0.490 e. The van der Waals surface area contributed by atoms with Crippen LogP contribution in [-0.4, -0.2) is 38.5 Å². The number of aliphatic carboxylic acids is 1. The number of aromatic nitrogens is 2. The van der Waals surface area contributed by atoms with Crippen molar-refractivity contribution >= 4 is 40.3 Å². The maximum Gasteiger partial charge on any atom is 0.490 e. The molecule has 28 heavy (non-hydrogen) atoms. The van der Waals surface area contributed by atoms with Crippen molar-refractivity contribution in [3.05, 3.63) is 52.9 Å². The van der Waals surface area contributed by atoms with Crippen LogP contribution in [0, 0.1) is 0 Å². The van der Waals surface area contributed by atoms with Crippen molar-refractivity contribution in [1.29, 1.82) is 0 Å². The summed E-state index contributed by atoms with van der Waals surface area (Å²) in [6, 6.07) is 10.2. The Hall–Kier alpha value is -3.34. The second-order valence-electron chi connectivity index (χ2n) is 5.16. The highest BCUT2D eigenvalue weighted by Gasteiger charge is 2.38. The van der Waals surface area contributed by atoms with E-state index < -0.39 is 18.1 Å². The highest BCUT2D eigenvalue weighted by atomic mass is 35.5. The lowest BCUT2D eigenvalue weighted by atomic mass is 10.2. The number of nitrogens with one attached hydrogen (secondary N) is 1. The normalized spacial score (nSPS) is 10.9. The maximum absolute atomic E-state index is 10.7. The van der Waals surface area contributed by atoms with Crippen LogP contribution in [0.2, 0.25) is 5.02 Å². The summed E-state index contributed by atoms with van der Waals surface area (Å²) in [4.78, 5) is 19.6. The molecule has 0 saturated heterocycles. The number of anilines is 1. The molecule has 2 aromatic heterocycles. The molecule has 0 saturated carbocycles. The van der Waals surface area contributed by atoms with Gasteiger partial charge in [-0.3, -0.25) is 0 Å². The molecular formula is C16H11ClF3N3O5. The molecule has 3 rings (SSSR count). The molecule has 3 aromatic rings. The molecule has 0 atom stereocenters. The van der Waals surface area contributed by atoms with Crippen LogP contribution < -0.4 is 5.32 Å². The van der Waals surface area contributed by atoms with Crippen LogP contribution in [0.25, 0.3) is 11.0 Å². The Bertz CT molecular complexity index is 989. The van der Waals surface area contributed by atoms with E-state index in [1.165, 1.54) is 6.07 Å². The maximum atomic E-state index is 10.7. The van der Waals surface area contributed by atoms with E-state index >= 15 is 0 Å². The molecule has 1 aromatic carbocycles. The quantitative estimate of drug-likeness (QED) is 0.585. The highest BCUT2D eigenvalue weighted by molar-refractivity contribution is 6.31. The van der Waals surface area contributed by atoms with E-state index in [1.54, 1.807) is 12.1 Å². The number of furan rings is 1. The van der Waals surface area contributed by atoms with Gasteiger partial charge in [-0.05, 0) is 36.4 Å². The third-order valence-corrected chi connectivity index (χ3v) is 3.33. The SMILES string of the molecule is O=C(O)C(F)(F)F.O=C(O)c1ccc(NCc2cc3cc(Cl)ccc3o2)nn1. The Kier molecular flexibility index (Phi) is 6.41. The first-order chi connectivity index (χ1) is 13.1. The Morgan fingerprint density at radius 3 is 2.32 bits per heavy atom. The smallest absolute Gasteiger partial charge is 0.476 e. The zero-order chi connectivity index (χ0) is 20.9. The lowest BCUT2D eigenvalue weighted by Crippen LogP contribution is -2.21. The van der Waals surface area contributed by atoms with Crippen LogP contribution in [0.1, 0.15) is 16.2 Å². The Labute approximate surface area is 159 Å². The number of alkyl halides is 3. The molecule has 2 heterocycles. The zero-order valence-electron chi connectivity index (χ0n) is 13.7. The van der Waals surface area contributed by atoms with Crippen molar-refractivity contribution in [1.82, 2.24) is 10.2 Å². The molecule has 0 aliphatic heterocycles. The van der Waals surface area contributed by atoms with Gasteiger partial charge in [-0.2, -0.15) is 13.2 Å². The van der Waals surface area contributed by atoms with Gasteiger partial charge in [-0.15, -0.1) is 10.2 Å². The van der Waals surface area contributed by atoms with Crippen LogP contribution in [-0.2, 0) is 11.3 Å². The van der Waals surface area contributed by atoms with Gasteiger partial charge in [0.2, 0.25) is 0 Å². The summed E-state index contributed by atoms with van der Waals surface area (Å²) in [5.41, 5.74) is 0.655. The molecule has 0 unspecified atom stereocenters. The molecule has 0 aliphatic carbocycles. The van der Waals surface area contributed by atoms with Crippen LogP contribution >= 0.6 is 11.6 Å². The molecule has 0 fully saturated rings. The molecule has 0 aliphatic rings. The van der Waals surface area contributed by atoms with Gasteiger partial charge in [-0.1, -0.05) is 11.6 Å². The minimum absolute atomic E-state index is 0.0982. The van der Waals surface area contributed by atoms with E-state index in [-0.39, 0.29) is 5.69 Å². The summed E-state index contributed by atoms with van der Waals surface area (Å²) in [6.45, 7) is 0.410. The number of carboxylic acids is 2. The number of aromatic carboxylic acids is 1. The molecule has 12 heteroatoms. The fourth-order valence-corrected chi connectivity index (χ4v) is 2.06. The van der Waals surface area contributed by atoms with E-state index in [1.807, 2.05) is 18.2 Å². The van der Waals surface area contributed by atoms with Gasteiger partial charge in [-0.25, -0.2) is 9.59 Å². The Morgan fingerprint density at radius 2 is 1.79 bits per heavy atom. The van der Waals surface area contributed by atoms with Crippen molar-refractivity contribution in [3.8, 4) is 0 Å². The predicted octanol–water partition coefficient (Wildman–Crippen LogP) is 3.82. The molecule has 0 radical (unpaired) electrons. The summed E-state index contributed by atoms with van der Waals surface area (Å²) >= 11 is 5.92. The van der Waals surface area contributed by atoms with Gasteiger partial charge < -0.3 is 19.9 Å². The number of hydrogen-bond donors (Lipinski definition) is 3. The van der Waals surface area contributed by atoms with Gasteiger partial charge in [0.05, 0.1) is 6.54 Å². The van der Waals surface area contributed by atoms with Gasteiger partial charge >= 0.3 is 18.1 Å². The third-order valence-electron chi connectivity index (χ3n) is 3.10. The summed E-state index contributed by atoms with van der Waals surface area (Å²) in [6.07, 6.45) is -5.08. The number of halogens is 4. The average molecular weight is 418 g/mol. The standard InChI is InChI=1S/C14H10ClN3O3.C2HF3O2/c15-9-1-3-12-8(5-9)6-10(21-12)7-16-13-4-2-11(14(19)20)17-18-13;3-2(4,5)1(6)7/h1-6H,7H2,(H,16,18)(H,19,20);(H,6,7). The van der Waals surface area contributed by atoms with Crippen LogP contribution in [0.15, 0.2) is 40.8 Å². The first-order valence-corrected chi connectivity index (χ1v) is 7.73. The summed E-state index contributed by atoms with van der Waals surface area (Å²) < 4.78 is 37.4. The number of carbonyl (C=O) groups is 2. The van der Waals surface area contributed by atoms with Crippen molar-refractivity contribution in [2.75, 3.05) is 5.32 Å². The van der Waals surface area contributed by atoms with Crippen LogP contribution in [0.3, 0.4) is 0 Å². The minimum Gasteiger partial charge on any atom is -0.476 e. The molecule has 0 bridgehead atoms. The molecule has 8 nitrogen and oxygen atoms in total. The van der Waals surface area contributed by atoms with Crippen molar-refractivity contribution < 1.29 is 37.4 Å². The Morgan fingerprint density at radius 1 is 1.11 bits per heavy atom. The summed E-state index contributed by atoms with van der Waals surface area (Å²) in [5, 5.41) is 27.8. The minimum atomic E-state index is -5.08. The fourth-order valence-electron chi connectivity index (χ4n) is 1.87. The summed E-state index contributed by atoms with van der Waals surface area (Å²) in [5.74, 6) is -2.68. The van der Waals surface area contributed by atoms with Crippen LogP contribution in [0.4, 0.5) is 19.0 Å². The van der Waals surface area contributed by atoms with Crippen molar-refractivity contribution in [2.45, 2.75) is 12.7 Å². The number of hydrogen-bond acceptors (Lipinski definition) is 6. The number of nitrogens with zero attached hydrogens (tertiary/aromatic N) is 2. The average Bonchev–Trinajstić information content (AvgIpc) is 3.02. The van der Waals surface area contributed by atoms with Gasteiger partial charge in [0.25, 0.3) is 0 Å². The second kappa shape index (κ2) is 8.57. The number of rotatable bonds is 4. The first kappa shape index (κ1) is 21.0. The van der Waals surface area contributed by atoms with Gasteiger partial charge in [0.1, 0.15) is 17.2 Å². The van der Waals surface area contributed by atoms with Crippen molar-refractivity contribution in [2.24, 2.45) is 0 Å². The topological polar surface area (TPSA) is 126 Å². The van der Waals surface area contributed by atoms with Gasteiger partial charge in [0, 0.05) is 10.4 Å². The molecule has 0 amide bonds. The van der Waals surface area contributed by atoms with E-state index in [4.69, 9.17) is 31.0 Å². The zero-order valence-corrected chi connectivity index (χ0v) is 14.5. The first-order valence-electron chi connectivity index (χ1n) is 7.35. The molecule has 148 valence electrons. The van der Waals surface area contributed by atoms with Crippen molar-refractivity contribution in [3.63, 3.8) is 0 Å². The summed E-state index contributed by atoms with van der Waals surface area (Å²) in [7, 11) is 0. The number of benzene rings is 1. The molecular weight excluding hydrogens is 407 g/mol. The Balaban J connectivity index is 0.000000345. The second-order valence-corrected chi connectivity index (χ2v) is 5.60. The van der Waals surface area contributed by atoms with E-state index in [0.717, 1.165) is 16.7 Å². The number of fused-ring (bicyclic) bond motifs is 1. The van der Waals surface area contributed by atoms with Crippen LogP contribution in [0.5, 0.6) is 0 Å². The number of carboxylic acid groups (broad SMARTS) is 2. The lowest BCUT2D eigenvalue weighted by molar-refractivity contribution is -0.192. The predicted molar refractivity (Wildman–Crippen MR) is 91.2 cm³/mol. The molecule has 3 N–H and O–H groups in total. The third kappa shape index (κ3) is 5.84. The van der Waals surface area contributed by atoms with E-state index in [0.29, 0.717) is 17.4 Å². The lowest BCUT2D eigenvalue weighted by Gasteiger charge is -2.02. The van der Waals surface area contributed by atoms with E-state index in [2.05, 4.69) is 15.5 Å². The molecule has 0 spiro atoms. The fraction of sp³-hybridized carbons (Fsp3) is 0.125. The monoisotopic (exact) mass is 417 g/mol. The highest BCUT2D eigenvalue weighted by Crippen LogP contribution is 2.23.